The predicted octanol–water partition coefficient (Wildman–Crippen LogP) is 3.36. The second-order valence-corrected chi connectivity index (χ2v) is 4.31. The van der Waals surface area contributed by atoms with E-state index in [1.807, 2.05) is 6.92 Å². The molecule has 19 heavy (non-hydrogen) atoms. The number of benzene rings is 2. The van der Waals surface area contributed by atoms with Crippen LogP contribution in [0.4, 0.5) is 8.78 Å². The maximum absolute atomic E-state index is 13.1. The van der Waals surface area contributed by atoms with Gasteiger partial charge in [0.05, 0.1) is 7.11 Å². The summed E-state index contributed by atoms with van der Waals surface area (Å²) in [4.78, 5) is 0. The summed E-state index contributed by atoms with van der Waals surface area (Å²) >= 11 is 0. The van der Waals surface area contributed by atoms with Crippen LogP contribution in [0, 0.1) is 18.6 Å². The van der Waals surface area contributed by atoms with E-state index in [-0.39, 0.29) is 0 Å². The Kier molecular flexibility index (Phi) is 3.81. The molecule has 0 saturated heterocycles. The molecule has 0 radical (unpaired) electrons. The molecule has 0 bridgehead atoms. The van der Waals surface area contributed by atoms with E-state index in [1.165, 1.54) is 6.07 Å². The van der Waals surface area contributed by atoms with E-state index in [4.69, 9.17) is 4.74 Å². The summed E-state index contributed by atoms with van der Waals surface area (Å²) < 4.78 is 31.1. The monoisotopic (exact) mass is 264 g/mol. The number of halogens is 2. The highest BCUT2D eigenvalue weighted by Crippen LogP contribution is 2.27. The zero-order valence-corrected chi connectivity index (χ0v) is 10.7. The second kappa shape index (κ2) is 5.36. The van der Waals surface area contributed by atoms with Crippen molar-refractivity contribution in [2.24, 2.45) is 0 Å². The summed E-state index contributed by atoms with van der Waals surface area (Å²) in [6, 6.07) is 8.54. The van der Waals surface area contributed by atoms with Crippen molar-refractivity contribution in [3.63, 3.8) is 0 Å². The fraction of sp³-hybridized carbons (Fsp3) is 0.200. The molecule has 2 rings (SSSR count). The maximum atomic E-state index is 13.1. The summed E-state index contributed by atoms with van der Waals surface area (Å²) in [5.41, 5.74) is 1.77. The minimum atomic E-state index is -1.00. The van der Waals surface area contributed by atoms with E-state index < -0.39 is 17.7 Å². The lowest BCUT2D eigenvalue weighted by molar-refractivity contribution is 0.219. The van der Waals surface area contributed by atoms with Gasteiger partial charge in [-0.1, -0.05) is 12.1 Å². The molecule has 0 spiro atoms. The highest BCUT2D eigenvalue weighted by atomic mass is 19.2. The zero-order valence-electron chi connectivity index (χ0n) is 10.7. The van der Waals surface area contributed by atoms with Gasteiger partial charge in [0, 0.05) is 0 Å². The van der Waals surface area contributed by atoms with Gasteiger partial charge in [-0.05, 0) is 47.9 Å². The quantitative estimate of drug-likeness (QED) is 0.921. The summed E-state index contributed by atoms with van der Waals surface area (Å²) in [6.45, 7) is 1.85. The molecule has 2 nitrogen and oxygen atoms in total. The highest BCUT2D eigenvalue weighted by Gasteiger charge is 2.14. The van der Waals surface area contributed by atoms with Gasteiger partial charge in [0.25, 0.3) is 0 Å². The average molecular weight is 264 g/mol. The standard InChI is InChI=1S/C15H14F2O2/c1-9-7-10(4-6-14(9)19-2)15(18)11-3-5-12(16)13(17)8-11/h3-8,15,18H,1-2H3. The second-order valence-electron chi connectivity index (χ2n) is 4.31. The van der Waals surface area contributed by atoms with Crippen molar-refractivity contribution in [1.29, 1.82) is 0 Å². The maximum Gasteiger partial charge on any atom is 0.159 e. The highest BCUT2D eigenvalue weighted by molar-refractivity contribution is 5.40. The van der Waals surface area contributed by atoms with Gasteiger partial charge in [-0.2, -0.15) is 0 Å². The van der Waals surface area contributed by atoms with Gasteiger partial charge in [-0.25, -0.2) is 8.78 Å². The molecule has 1 N–H and O–H groups in total. The summed E-state index contributed by atoms with van der Waals surface area (Å²) in [7, 11) is 1.56. The Hall–Kier alpha value is -1.94. The first kappa shape index (κ1) is 13.5. The number of hydrogen-bond donors (Lipinski definition) is 1. The van der Waals surface area contributed by atoms with Crippen molar-refractivity contribution < 1.29 is 18.6 Å². The third-order valence-electron chi connectivity index (χ3n) is 2.99. The van der Waals surface area contributed by atoms with Crippen LogP contribution in [0.15, 0.2) is 36.4 Å². The molecule has 100 valence electrons. The van der Waals surface area contributed by atoms with Gasteiger partial charge in [-0.3, -0.25) is 0 Å². The summed E-state index contributed by atoms with van der Waals surface area (Å²) in [5, 5.41) is 10.2. The van der Waals surface area contributed by atoms with E-state index >= 15 is 0 Å². The number of aliphatic hydroxyl groups is 1. The Morgan fingerprint density at radius 3 is 2.21 bits per heavy atom. The van der Waals surface area contributed by atoms with Crippen molar-refractivity contribution in [3.05, 3.63) is 64.7 Å². The molecule has 0 aliphatic heterocycles. The first-order valence-corrected chi connectivity index (χ1v) is 5.80. The van der Waals surface area contributed by atoms with Crippen molar-refractivity contribution in [2.45, 2.75) is 13.0 Å². The lowest BCUT2D eigenvalue weighted by Gasteiger charge is -2.14. The third-order valence-corrected chi connectivity index (χ3v) is 2.99. The third kappa shape index (κ3) is 2.74. The SMILES string of the molecule is COc1ccc(C(O)c2ccc(F)c(F)c2)cc1C. The fourth-order valence-corrected chi connectivity index (χ4v) is 1.95. The fourth-order valence-electron chi connectivity index (χ4n) is 1.95. The smallest absolute Gasteiger partial charge is 0.159 e. The van der Waals surface area contributed by atoms with Crippen LogP contribution in [0.2, 0.25) is 0 Å². The van der Waals surface area contributed by atoms with Gasteiger partial charge < -0.3 is 9.84 Å². The minimum absolute atomic E-state index is 0.309. The largest absolute Gasteiger partial charge is 0.496 e. The Morgan fingerprint density at radius 1 is 1.00 bits per heavy atom. The van der Waals surface area contributed by atoms with Crippen molar-refractivity contribution in [2.75, 3.05) is 7.11 Å². The van der Waals surface area contributed by atoms with Gasteiger partial charge in [0.1, 0.15) is 11.9 Å². The van der Waals surface area contributed by atoms with Crippen molar-refractivity contribution >= 4 is 0 Å². The molecule has 4 heteroatoms. The van der Waals surface area contributed by atoms with Crippen LogP contribution in [0.1, 0.15) is 22.8 Å². The van der Waals surface area contributed by atoms with Crippen LogP contribution < -0.4 is 4.74 Å². The van der Waals surface area contributed by atoms with Gasteiger partial charge in [-0.15, -0.1) is 0 Å². The topological polar surface area (TPSA) is 29.5 Å². The van der Waals surface area contributed by atoms with Crippen molar-refractivity contribution in [1.82, 2.24) is 0 Å². The van der Waals surface area contributed by atoms with E-state index in [9.17, 15) is 13.9 Å². The Balaban J connectivity index is 2.35. The molecule has 1 unspecified atom stereocenters. The number of methoxy groups -OCH3 is 1. The number of aryl methyl sites for hydroxylation is 1. The molecule has 0 fully saturated rings. The number of aliphatic hydroxyl groups excluding tert-OH is 1. The molecular weight excluding hydrogens is 250 g/mol. The van der Waals surface area contributed by atoms with E-state index in [0.717, 1.165) is 17.7 Å². The molecule has 0 aliphatic rings. The van der Waals surface area contributed by atoms with E-state index in [2.05, 4.69) is 0 Å². The van der Waals surface area contributed by atoms with Gasteiger partial charge in [0.15, 0.2) is 11.6 Å². The molecule has 0 heterocycles. The Morgan fingerprint density at radius 2 is 1.63 bits per heavy atom. The van der Waals surface area contributed by atoms with E-state index in [0.29, 0.717) is 16.9 Å². The van der Waals surface area contributed by atoms with E-state index in [1.54, 1.807) is 25.3 Å². The van der Waals surface area contributed by atoms with Crippen LogP contribution >= 0.6 is 0 Å². The molecule has 1 atom stereocenters. The number of rotatable bonds is 3. The summed E-state index contributed by atoms with van der Waals surface area (Å²) in [5.74, 6) is -1.19. The first-order valence-electron chi connectivity index (χ1n) is 5.80. The molecule has 0 saturated carbocycles. The van der Waals surface area contributed by atoms with Crippen LogP contribution in [0.5, 0.6) is 5.75 Å². The first-order chi connectivity index (χ1) is 9.02. The Labute approximate surface area is 110 Å². The zero-order chi connectivity index (χ0) is 14.0. The van der Waals surface area contributed by atoms with Crippen LogP contribution in [0.3, 0.4) is 0 Å². The average Bonchev–Trinajstić information content (AvgIpc) is 2.41. The molecule has 0 aliphatic carbocycles. The lowest BCUT2D eigenvalue weighted by atomic mass is 9.99. The van der Waals surface area contributed by atoms with Gasteiger partial charge in [0.2, 0.25) is 0 Å². The number of hydrogen-bond acceptors (Lipinski definition) is 2. The normalized spacial score (nSPS) is 12.3. The summed E-state index contributed by atoms with van der Waals surface area (Å²) in [6.07, 6.45) is -1.00. The van der Waals surface area contributed by atoms with Crippen molar-refractivity contribution in [3.8, 4) is 5.75 Å². The minimum Gasteiger partial charge on any atom is -0.496 e. The van der Waals surface area contributed by atoms with Crippen LogP contribution in [-0.4, -0.2) is 12.2 Å². The Bertz CT molecular complexity index is 597. The lowest BCUT2D eigenvalue weighted by Crippen LogP contribution is -2.02. The van der Waals surface area contributed by atoms with Gasteiger partial charge >= 0.3 is 0 Å². The predicted molar refractivity (Wildman–Crippen MR) is 68.2 cm³/mol. The van der Waals surface area contributed by atoms with Crippen LogP contribution in [-0.2, 0) is 0 Å². The van der Waals surface area contributed by atoms with Crippen LogP contribution in [0.25, 0.3) is 0 Å². The molecule has 0 aromatic heterocycles. The number of ether oxygens (including phenoxy) is 1. The molecule has 2 aromatic carbocycles. The molecule has 0 amide bonds. The molecular formula is C15H14F2O2. The molecule has 2 aromatic rings.